The van der Waals surface area contributed by atoms with Crippen LogP contribution in [0.4, 0.5) is 0 Å². The van der Waals surface area contributed by atoms with Crippen LogP contribution < -0.4 is 4.74 Å². The van der Waals surface area contributed by atoms with Crippen molar-refractivity contribution in [3.05, 3.63) is 72.4 Å². The van der Waals surface area contributed by atoms with Gasteiger partial charge in [-0.2, -0.15) is 0 Å². The van der Waals surface area contributed by atoms with Crippen LogP contribution in [0.2, 0.25) is 0 Å². The van der Waals surface area contributed by atoms with E-state index in [-0.39, 0.29) is 0 Å². The van der Waals surface area contributed by atoms with Gasteiger partial charge in [-0.1, -0.05) is 58.8 Å². The lowest BCUT2D eigenvalue weighted by molar-refractivity contribution is 0.461. The first-order valence-corrected chi connectivity index (χ1v) is 6.07. The molecule has 0 saturated carbocycles. The number of hydrogen-bond acceptors (Lipinski definition) is 3. The zero-order chi connectivity index (χ0) is 12.9. The second kappa shape index (κ2) is 5.35. The van der Waals surface area contributed by atoms with Gasteiger partial charge >= 0.3 is 0 Å². The van der Waals surface area contributed by atoms with Crippen molar-refractivity contribution < 1.29 is 4.74 Å². The molecule has 19 heavy (non-hydrogen) atoms. The Morgan fingerprint density at radius 2 is 1.58 bits per heavy atom. The SMILES string of the molecule is c1ccc(Cn2cc(Oc3ccccc3)nn2)cc1. The smallest absolute Gasteiger partial charge is 0.258 e. The Hall–Kier alpha value is -2.62. The van der Waals surface area contributed by atoms with Gasteiger partial charge in [-0.05, 0) is 17.7 Å². The molecule has 3 aromatic rings. The molecule has 0 saturated heterocycles. The van der Waals surface area contributed by atoms with Gasteiger partial charge in [-0.25, -0.2) is 4.68 Å². The van der Waals surface area contributed by atoms with E-state index in [2.05, 4.69) is 22.4 Å². The number of rotatable bonds is 4. The molecule has 0 aliphatic heterocycles. The zero-order valence-electron chi connectivity index (χ0n) is 10.3. The largest absolute Gasteiger partial charge is 0.436 e. The van der Waals surface area contributed by atoms with E-state index < -0.39 is 0 Å². The van der Waals surface area contributed by atoms with E-state index in [1.54, 1.807) is 10.9 Å². The number of nitrogens with zero attached hydrogens (tertiary/aromatic N) is 3. The number of aromatic nitrogens is 3. The van der Waals surface area contributed by atoms with Crippen molar-refractivity contribution >= 4 is 0 Å². The molecule has 3 rings (SSSR count). The van der Waals surface area contributed by atoms with Gasteiger partial charge < -0.3 is 4.74 Å². The Kier molecular flexibility index (Phi) is 3.23. The van der Waals surface area contributed by atoms with E-state index >= 15 is 0 Å². The van der Waals surface area contributed by atoms with Crippen LogP contribution in [-0.2, 0) is 6.54 Å². The molecule has 0 amide bonds. The molecule has 0 aliphatic carbocycles. The summed E-state index contributed by atoms with van der Waals surface area (Å²) in [7, 11) is 0. The summed E-state index contributed by atoms with van der Waals surface area (Å²) in [6, 6.07) is 19.7. The molecule has 0 fully saturated rings. The van der Waals surface area contributed by atoms with Crippen LogP contribution >= 0.6 is 0 Å². The Morgan fingerprint density at radius 3 is 2.32 bits per heavy atom. The van der Waals surface area contributed by atoms with Crippen molar-refractivity contribution in [2.75, 3.05) is 0 Å². The summed E-state index contributed by atoms with van der Waals surface area (Å²) in [5, 5.41) is 8.05. The lowest BCUT2D eigenvalue weighted by Gasteiger charge is -2.00. The second-order valence-electron chi connectivity index (χ2n) is 4.16. The normalized spacial score (nSPS) is 10.3. The first-order valence-electron chi connectivity index (χ1n) is 6.07. The van der Waals surface area contributed by atoms with Crippen LogP contribution in [0, 0.1) is 0 Å². The number of ether oxygens (including phenoxy) is 1. The summed E-state index contributed by atoms with van der Waals surface area (Å²) < 4.78 is 7.36. The van der Waals surface area contributed by atoms with Crippen molar-refractivity contribution in [1.82, 2.24) is 15.0 Å². The zero-order valence-corrected chi connectivity index (χ0v) is 10.3. The van der Waals surface area contributed by atoms with E-state index in [0.29, 0.717) is 12.4 Å². The van der Waals surface area contributed by atoms with Crippen molar-refractivity contribution in [1.29, 1.82) is 0 Å². The third-order valence-electron chi connectivity index (χ3n) is 2.67. The molecule has 0 N–H and O–H groups in total. The molecule has 2 aromatic carbocycles. The Bertz CT molecular complexity index is 579. The fraction of sp³-hybridized carbons (Fsp3) is 0.0667. The highest BCUT2D eigenvalue weighted by Crippen LogP contribution is 2.17. The van der Waals surface area contributed by atoms with E-state index in [1.807, 2.05) is 48.5 Å². The standard InChI is InChI=1S/C15H13N3O/c1-3-7-13(8-4-1)11-18-12-15(16-17-18)19-14-9-5-2-6-10-14/h1-10,12H,11H2. The summed E-state index contributed by atoms with van der Waals surface area (Å²) in [6.07, 6.45) is 1.79. The quantitative estimate of drug-likeness (QED) is 0.715. The summed E-state index contributed by atoms with van der Waals surface area (Å²) >= 11 is 0. The molecule has 94 valence electrons. The topological polar surface area (TPSA) is 39.9 Å². The molecule has 1 aromatic heterocycles. The van der Waals surface area contributed by atoms with E-state index in [4.69, 9.17) is 4.74 Å². The molecule has 0 radical (unpaired) electrons. The highest BCUT2D eigenvalue weighted by atomic mass is 16.5. The first kappa shape index (κ1) is 11.5. The summed E-state index contributed by atoms with van der Waals surface area (Å²) in [5.74, 6) is 1.26. The van der Waals surface area contributed by atoms with Crippen LogP contribution in [0.5, 0.6) is 11.6 Å². The van der Waals surface area contributed by atoms with E-state index in [9.17, 15) is 0 Å². The summed E-state index contributed by atoms with van der Waals surface area (Å²) in [4.78, 5) is 0. The summed E-state index contributed by atoms with van der Waals surface area (Å²) in [6.45, 7) is 0.686. The van der Waals surface area contributed by atoms with Gasteiger partial charge in [0.1, 0.15) is 5.75 Å². The highest BCUT2D eigenvalue weighted by Gasteiger charge is 2.03. The van der Waals surface area contributed by atoms with Crippen LogP contribution in [0.3, 0.4) is 0 Å². The van der Waals surface area contributed by atoms with Gasteiger partial charge in [0.15, 0.2) is 0 Å². The van der Waals surface area contributed by atoms with E-state index in [0.717, 1.165) is 5.75 Å². The fourth-order valence-electron chi connectivity index (χ4n) is 1.78. The third-order valence-corrected chi connectivity index (χ3v) is 2.67. The van der Waals surface area contributed by atoms with Crippen molar-refractivity contribution in [2.45, 2.75) is 6.54 Å². The summed E-state index contributed by atoms with van der Waals surface area (Å²) in [5.41, 5.74) is 1.18. The molecule has 0 bridgehead atoms. The molecule has 0 unspecified atom stereocenters. The predicted octanol–water partition coefficient (Wildman–Crippen LogP) is 3.12. The lowest BCUT2D eigenvalue weighted by atomic mass is 10.2. The van der Waals surface area contributed by atoms with Gasteiger partial charge in [-0.3, -0.25) is 0 Å². The fourth-order valence-corrected chi connectivity index (χ4v) is 1.78. The molecule has 4 heteroatoms. The van der Waals surface area contributed by atoms with Gasteiger partial charge in [-0.15, -0.1) is 0 Å². The molecule has 1 heterocycles. The van der Waals surface area contributed by atoms with Crippen LogP contribution in [0.1, 0.15) is 5.56 Å². The Morgan fingerprint density at radius 1 is 0.895 bits per heavy atom. The lowest BCUT2D eigenvalue weighted by Crippen LogP contribution is -1.99. The second-order valence-corrected chi connectivity index (χ2v) is 4.16. The van der Waals surface area contributed by atoms with E-state index in [1.165, 1.54) is 5.56 Å². The molecular weight excluding hydrogens is 238 g/mol. The predicted molar refractivity (Wildman–Crippen MR) is 72.1 cm³/mol. The first-order chi connectivity index (χ1) is 9.40. The minimum Gasteiger partial charge on any atom is -0.436 e. The number of benzene rings is 2. The minimum absolute atomic E-state index is 0.502. The van der Waals surface area contributed by atoms with Gasteiger partial charge in [0.25, 0.3) is 5.88 Å². The maximum atomic E-state index is 5.60. The molecule has 0 aliphatic rings. The van der Waals surface area contributed by atoms with Crippen LogP contribution in [0.25, 0.3) is 0 Å². The molecule has 0 spiro atoms. The van der Waals surface area contributed by atoms with Crippen molar-refractivity contribution in [3.8, 4) is 11.6 Å². The highest BCUT2D eigenvalue weighted by molar-refractivity contribution is 5.25. The average Bonchev–Trinajstić information content (AvgIpc) is 2.88. The van der Waals surface area contributed by atoms with Gasteiger partial charge in [0, 0.05) is 0 Å². The van der Waals surface area contributed by atoms with Crippen molar-refractivity contribution in [3.63, 3.8) is 0 Å². The van der Waals surface area contributed by atoms with Gasteiger partial charge in [0.2, 0.25) is 0 Å². The maximum Gasteiger partial charge on any atom is 0.258 e. The average molecular weight is 251 g/mol. The minimum atomic E-state index is 0.502. The number of hydrogen-bond donors (Lipinski definition) is 0. The molecular formula is C15H13N3O. The van der Waals surface area contributed by atoms with Crippen molar-refractivity contribution in [2.24, 2.45) is 0 Å². The number of para-hydroxylation sites is 1. The van der Waals surface area contributed by atoms with Gasteiger partial charge in [0.05, 0.1) is 12.7 Å². The monoisotopic (exact) mass is 251 g/mol. The third kappa shape index (κ3) is 2.98. The van der Waals surface area contributed by atoms with Crippen LogP contribution in [-0.4, -0.2) is 15.0 Å². The molecule has 4 nitrogen and oxygen atoms in total. The maximum absolute atomic E-state index is 5.60. The Labute approximate surface area is 111 Å². The van der Waals surface area contributed by atoms with Crippen LogP contribution in [0.15, 0.2) is 66.9 Å². The Balaban J connectivity index is 1.70. The molecule has 0 atom stereocenters.